The second kappa shape index (κ2) is 8.22. The van der Waals surface area contributed by atoms with Gasteiger partial charge in [0, 0.05) is 5.75 Å². The summed E-state index contributed by atoms with van der Waals surface area (Å²) in [5.41, 5.74) is 6.15. The molecule has 0 fully saturated rings. The van der Waals surface area contributed by atoms with Gasteiger partial charge in [0.1, 0.15) is 22.5 Å². The number of nitrogens with zero attached hydrogens (tertiary/aromatic N) is 3. The van der Waals surface area contributed by atoms with E-state index < -0.39 is 0 Å². The maximum absolute atomic E-state index is 8.96. The lowest BCUT2D eigenvalue weighted by Gasteiger charge is -2.06. The van der Waals surface area contributed by atoms with Crippen LogP contribution in [-0.2, 0) is 0 Å². The van der Waals surface area contributed by atoms with E-state index in [1.54, 1.807) is 11.8 Å². The summed E-state index contributed by atoms with van der Waals surface area (Å²) in [6.07, 6.45) is 6.80. The van der Waals surface area contributed by atoms with Crippen molar-refractivity contribution in [2.45, 2.75) is 42.8 Å². The molecule has 0 unspecified atom stereocenters. The molecule has 0 radical (unpaired) electrons. The van der Waals surface area contributed by atoms with Crippen LogP contribution in [0.15, 0.2) is 10.2 Å². The maximum Gasteiger partial charge on any atom is 0.190 e. The van der Waals surface area contributed by atoms with E-state index in [2.05, 4.69) is 16.9 Å². The van der Waals surface area contributed by atoms with Crippen LogP contribution in [0.25, 0.3) is 0 Å². The van der Waals surface area contributed by atoms with Gasteiger partial charge in [-0.25, -0.2) is 9.97 Å². The lowest BCUT2D eigenvalue weighted by atomic mass is 10.2. The predicted molar refractivity (Wildman–Crippen MR) is 77.8 cm³/mol. The number of thioether (sulfide) groups is 2. The van der Waals surface area contributed by atoms with Gasteiger partial charge in [-0.2, -0.15) is 5.26 Å². The first-order valence-electron chi connectivity index (χ1n) is 5.97. The van der Waals surface area contributed by atoms with Gasteiger partial charge in [-0.05, 0) is 12.7 Å². The zero-order valence-corrected chi connectivity index (χ0v) is 12.4. The molecule has 18 heavy (non-hydrogen) atoms. The number of rotatable bonds is 7. The number of nitriles is 1. The molecule has 4 nitrogen and oxygen atoms in total. The first-order valence-corrected chi connectivity index (χ1v) is 8.18. The highest BCUT2D eigenvalue weighted by Gasteiger charge is 2.11. The smallest absolute Gasteiger partial charge is 0.190 e. The van der Waals surface area contributed by atoms with Crippen molar-refractivity contribution in [2.24, 2.45) is 0 Å². The molecule has 1 rings (SSSR count). The van der Waals surface area contributed by atoms with Gasteiger partial charge in [0.25, 0.3) is 0 Å². The Labute approximate surface area is 117 Å². The Balaban J connectivity index is 2.62. The molecule has 2 N–H and O–H groups in total. The highest BCUT2D eigenvalue weighted by molar-refractivity contribution is 7.99. The van der Waals surface area contributed by atoms with Crippen LogP contribution >= 0.6 is 23.5 Å². The van der Waals surface area contributed by atoms with Crippen molar-refractivity contribution in [1.82, 2.24) is 9.97 Å². The topological polar surface area (TPSA) is 75.6 Å². The fourth-order valence-corrected chi connectivity index (χ4v) is 2.89. The van der Waals surface area contributed by atoms with E-state index in [1.165, 1.54) is 31.0 Å². The van der Waals surface area contributed by atoms with Crippen molar-refractivity contribution in [1.29, 1.82) is 5.26 Å². The van der Waals surface area contributed by atoms with Crippen LogP contribution in [-0.4, -0.2) is 22.0 Å². The third kappa shape index (κ3) is 4.39. The van der Waals surface area contributed by atoms with Crippen LogP contribution in [0, 0.1) is 11.3 Å². The Kier molecular flexibility index (Phi) is 6.91. The average Bonchev–Trinajstić information content (AvgIpc) is 2.37. The van der Waals surface area contributed by atoms with Crippen LogP contribution < -0.4 is 5.73 Å². The number of unbranched alkanes of at least 4 members (excludes halogenated alkanes) is 3. The summed E-state index contributed by atoms with van der Waals surface area (Å²) in [6.45, 7) is 2.20. The Hall–Kier alpha value is -0.930. The van der Waals surface area contributed by atoms with E-state index >= 15 is 0 Å². The fourth-order valence-electron chi connectivity index (χ4n) is 1.45. The van der Waals surface area contributed by atoms with Crippen LogP contribution in [0.5, 0.6) is 0 Å². The molecule has 1 aromatic heterocycles. The van der Waals surface area contributed by atoms with Crippen molar-refractivity contribution in [3.05, 3.63) is 5.56 Å². The van der Waals surface area contributed by atoms with Crippen LogP contribution in [0.4, 0.5) is 5.82 Å². The second-order valence-corrected chi connectivity index (χ2v) is 5.65. The molecule has 0 aromatic carbocycles. The summed E-state index contributed by atoms with van der Waals surface area (Å²) in [6, 6.07) is 2.05. The molecule has 0 aliphatic rings. The Morgan fingerprint density at radius 2 is 2.06 bits per heavy atom. The number of nitrogen functional groups attached to an aromatic ring is 1. The summed E-state index contributed by atoms with van der Waals surface area (Å²) in [7, 11) is 0. The summed E-state index contributed by atoms with van der Waals surface area (Å²) in [5.74, 6) is 1.28. The van der Waals surface area contributed by atoms with Crippen LogP contribution in [0.2, 0.25) is 0 Å². The van der Waals surface area contributed by atoms with Crippen molar-refractivity contribution >= 4 is 29.3 Å². The molecule has 0 bridgehead atoms. The monoisotopic (exact) mass is 282 g/mol. The van der Waals surface area contributed by atoms with E-state index in [-0.39, 0.29) is 5.82 Å². The normalized spacial score (nSPS) is 10.3. The van der Waals surface area contributed by atoms with E-state index in [0.29, 0.717) is 15.7 Å². The molecule has 0 saturated heterocycles. The predicted octanol–water partition coefficient (Wildman–Crippen LogP) is 3.32. The molecule has 6 heteroatoms. The molecule has 0 aliphatic carbocycles. The van der Waals surface area contributed by atoms with Gasteiger partial charge >= 0.3 is 0 Å². The third-order valence-electron chi connectivity index (χ3n) is 2.42. The quantitative estimate of drug-likeness (QED) is 0.358. The van der Waals surface area contributed by atoms with Gasteiger partial charge in [0.15, 0.2) is 5.16 Å². The Morgan fingerprint density at radius 1 is 1.28 bits per heavy atom. The number of anilines is 1. The lowest BCUT2D eigenvalue weighted by Crippen LogP contribution is -2.01. The molecule has 1 heterocycles. The first kappa shape index (κ1) is 15.1. The van der Waals surface area contributed by atoms with E-state index in [4.69, 9.17) is 11.0 Å². The minimum atomic E-state index is 0.285. The molecule has 1 aromatic rings. The molecule has 0 amide bonds. The highest BCUT2D eigenvalue weighted by atomic mass is 32.2. The van der Waals surface area contributed by atoms with Gasteiger partial charge in [0.2, 0.25) is 0 Å². The Morgan fingerprint density at radius 3 is 2.67 bits per heavy atom. The van der Waals surface area contributed by atoms with Gasteiger partial charge in [-0.15, -0.1) is 11.8 Å². The summed E-state index contributed by atoms with van der Waals surface area (Å²) in [5, 5.41) is 10.3. The largest absolute Gasteiger partial charge is 0.382 e. The number of hydrogen-bond acceptors (Lipinski definition) is 6. The molecule has 0 aliphatic heterocycles. The third-order valence-corrected chi connectivity index (χ3v) is 4.03. The van der Waals surface area contributed by atoms with Gasteiger partial charge < -0.3 is 5.73 Å². The number of hydrogen-bond donors (Lipinski definition) is 1. The van der Waals surface area contributed by atoms with Crippen molar-refractivity contribution in [2.75, 3.05) is 17.7 Å². The molecular weight excluding hydrogens is 264 g/mol. The first-order chi connectivity index (χ1) is 8.72. The molecule has 0 atom stereocenters. The zero-order valence-electron chi connectivity index (χ0n) is 10.8. The standard InChI is InChI=1S/C12H18N4S2/c1-3-4-5-6-7-18-12-15-10(14)9(8-13)11(16-12)17-2/h3-7H2,1-2H3,(H2,14,15,16). The van der Waals surface area contributed by atoms with Crippen molar-refractivity contribution in [3.63, 3.8) is 0 Å². The Bertz CT molecular complexity index is 429. The van der Waals surface area contributed by atoms with Crippen LogP contribution in [0.3, 0.4) is 0 Å². The number of aromatic nitrogens is 2. The minimum Gasteiger partial charge on any atom is -0.382 e. The molecule has 0 spiro atoms. The summed E-state index contributed by atoms with van der Waals surface area (Å²) < 4.78 is 0. The molecular formula is C12H18N4S2. The SMILES string of the molecule is CCCCCCSc1nc(N)c(C#N)c(SC)n1. The maximum atomic E-state index is 8.96. The van der Waals surface area contributed by atoms with Gasteiger partial charge in [0.05, 0.1) is 0 Å². The summed E-state index contributed by atoms with van der Waals surface area (Å²) in [4.78, 5) is 8.52. The van der Waals surface area contributed by atoms with Crippen LogP contribution in [0.1, 0.15) is 38.2 Å². The average molecular weight is 282 g/mol. The zero-order chi connectivity index (χ0) is 13.4. The van der Waals surface area contributed by atoms with Gasteiger partial charge in [-0.1, -0.05) is 37.9 Å². The number of nitrogens with two attached hydrogens (primary N) is 1. The van der Waals surface area contributed by atoms with Crippen molar-refractivity contribution < 1.29 is 0 Å². The molecule has 0 saturated carbocycles. The fraction of sp³-hybridized carbons (Fsp3) is 0.583. The lowest BCUT2D eigenvalue weighted by molar-refractivity contribution is 0.705. The second-order valence-electron chi connectivity index (χ2n) is 3.80. The van der Waals surface area contributed by atoms with E-state index in [0.717, 1.165) is 12.2 Å². The van der Waals surface area contributed by atoms with E-state index in [1.807, 2.05) is 12.3 Å². The van der Waals surface area contributed by atoms with Gasteiger partial charge in [-0.3, -0.25) is 0 Å². The summed E-state index contributed by atoms with van der Waals surface area (Å²) >= 11 is 3.04. The van der Waals surface area contributed by atoms with Crippen molar-refractivity contribution in [3.8, 4) is 6.07 Å². The van der Waals surface area contributed by atoms with E-state index in [9.17, 15) is 0 Å². The highest BCUT2D eigenvalue weighted by Crippen LogP contribution is 2.25. The minimum absolute atomic E-state index is 0.285. The molecule has 98 valence electrons.